The van der Waals surface area contributed by atoms with Gasteiger partial charge >= 0.3 is 0 Å². The summed E-state index contributed by atoms with van der Waals surface area (Å²) in [6.07, 6.45) is 0. The van der Waals surface area contributed by atoms with Crippen molar-refractivity contribution in [1.82, 2.24) is 15.0 Å². The molecule has 0 aliphatic heterocycles. The van der Waals surface area contributed by atoms with Crippen molar-refractivity contribution in [2.75, 3.05) is 0 Å². The summed E-state index contributed by atoms with van der Waals surface area (Å²) in [5.41, 5.74) is 6.30. The van der Waals surface area contributed by atoms with E-state index in [-0.39, 0.29) is 28.6 Å². The van der Waals surface area contributed by atoms with Gasteiger partial charge in [-0.2, -0.15) is 0 Å². The Morgan fingerprint density at radius 1 is 0.388 bits per heavy atom. The van der Waals surface area contributed by atoms with Crippen molar-refractivity contribution in [2.45, 2.75) is 0 Å². The van der Waals surface area contributed by atoms with Crippen LogP contribution in [0.25, 0.3) is 87.7 Å². The second kappa shape index (κ2) is 12.4. The van der Waals surface area contributed by atoms with Crippen LogP contribution in [0.15, 0.2) is 176 Å². The van der Waals surface area contributed by atoms with Crippen molar-refractivity contribution in [2.24, 2.45) is 0 Å². The third-order valence-corrected chi connectivity index (χ3v) is 9.42. The molecule has 0 bridgehead atoms. The predicted molar refractivity (Wildman–Crippen MR) is 205 cm³/mol. The highest BCUT2D eigenvalue weighted by molar-refractivity contribution is 7.26. The van der Waals surface area contributed by atoms with Crippen LogP contribution in [0.3, 0.4) is 0 Å². The molecule has 0 atom stereocenters. The lowest BCUT2D eigenvalue weighted by Crippen LogP contribution is -2.00. The Labute approximate surface area is 302 Å². The third-order valence-electron chi connectivity index (χ3n) is 8.30. The van der Waals surface area contributed by atoms with Crippen LogP contribution in [0, 0.1) is 0 Å². The van der Waals surface area contributed by atoms with Gasteiger partial charge in [0, 0.05) is 36.9 Å². The van der Waals surface area contributed by atoms with Gasteiger partial charge in [-0.3, -0.25) is 0 Å². The number of nitrogens with zero attached hydrogens (tertiary/aromatic N) is 3. The second-order valence-corrected chi connectivity index (χ2v) is 12.4. The highest BCUT2D eigenvalue weighted by Crippen LogP contribution is 2.42. The fourth-order valence-electron chi connectivity index (χ4n) is 6.02. The quantitative estimate of drug-likeness (QED) is 0.179. The zero-order valence-corrected chi connectivity index (χ0v) is 26.5. The standard InChI is InChI=1S/C45H29N3S/c1-5-14-30(15-6-1)35-26-36(31-16-7-2-8-17-31)28-37(27-35)34-24-25-38-41(29-34)49-40-23-13-22-39(42(38)40)45-47-43(32-18-9-3-10-19-32)46-44(48-45)33-20-11-4-12-21-33/h1-29H/i3D,4D,9D,10D,11D,12D,18D,19D,20D,21D. The van der Waals surface area contributed by atoms with Crippen molar-refractivity contribution in [3.8, 4) is 67.5 Å². The maximum atomic E-state index is 8.70. The van der Waals surface area contributed by atoms with Crippen molar-refractivity contribution in [3.63, 3.8) is 0 Å². The molecule has 0 N–H and O–H groups in total. The first kappa shape index (κ1) is 20.2. The van der Waals surface area contributed by atoms with Gasteiger partial charge in [0.25, 0.3) is 0 Å². The lowest BCUT2D eigenvalue weighted by molar-refractivity contribution is 1.08. The molecule has 0 saturated carbocycles. The molecule has 2 heterocycles. The monoisotopic (exact) mass is 653 g/mol. The van der Waals surface area contributed by atoms with Gasteiger partial charge in [-0.05, 0) is 63.7 Å². The SMILES string of the molecule is [2H]c1c([2H])c([2H])c(-c2nc(-c3c([2H])c([2H])c([2H])c([2H])c3[2H])nc(-c3cccc4sc5cc(-c6cc(-c7ccccc7)cc(-c7ccccc7)c6)ccc5c34)n2)c([2H])c1[2H]. The number of aromatic nitrogens is 3. The van der Waals surface area contributed by atoms with E-state index in [1.807, 2.05) is 54.6 Å². The molecule has 3 nitrogen and oxygen atoms in total. The Bertz CT molecular complexity index is 2970. The molecule has 0 amide bonds. The van der Waals surface area contributed by atoms with Crippen molar-refractivity contribution >= 4 is 31.5 Å². The second-order valence-electron chi connectivity index (χ2n) is 11.3. The van der Waals surface area contributed by atoms with Crippen LogP contribution in [0.2, 0.25) is 0 Å². The van der Waals surface area contributed by atoms with E-state index in [2.05, 4.69) is 59.6 Å². The lowest BCUT2D eigenvalue weighted by Gasteiger charge is -2.12. The molecule has 0 unspecified atom stereocenters. The van der Waals surface area contributed by atoms with E-state index in [1.54, 1.807) is 17.4 Å². The minimum absolute atomic E-state index is 0.0288. The van der Waals surface area contributed by atoms with E-state index in [0.717, 1.165) is 53.6 Å². The Kier molecular flexibility index (Phi) is 5.12. The van der Waals surface area contributed by atoms with Gasteiger partial charge in [-0.15, -0.1) is 11.3 Å². The summed E-state index contributed by atoms with van der Waals surface area (Å²) in [4.78, 5) is 13.8. The van der Waals surface area contributed by atoms with Crippen molar-refractivity contribution in [3.05, 3.63) is 176 Å². The van der Waals surface area contributed by atoms with Crippen LogP contribution in [-0.4, -0.2) is 15.0 Å². The molecular weight excluding hydrogens is 615 g/mol. The van der Waals surface area contributed by atoms with Gasteiger partial charge in [0.2, 0.25) is 0 Å². The average Bonchev–Trinajstić information content (AvgIpc) is 3.65. The fourth-order valence-corrected chi connectivity index (χ4v) is 7.20. The molecule has 4 heteroatoms. The fraction of sp³-hybridized carbons (Fsp3) is 0. The molecule has 0 aliphatic rings. The summed E-state index contributed by atoms with van der Waals surface area (Å²) in [5, 5.41) is 1.67. The first-order chi connectivity index (χ1) is 28.4. The van der Waals surface area contributed by atoms with Crippen molar-refractivity contribution in [1.29, 1.82) is 0 Å². The molecule has 230 valence electrons. The van der Waals surface area contributed by atoms with E-state index >= 15 is 0 Å². The van der Waals surface area contributed by atoms with E-state index in [0.29, 0.717) is 5.56 Å². The van der Waals surface area contributed by atoms with Gasteiger partial charge in [0.1, 0.15) is 0 Å². The highest BCUT2D eigenvalue weighted by Gasteiger charge is 2.17. The van der Waals surface area contributed by atoms with E-state index in [1.165, 1.54) is 0 Å². The van der Waals surface area contributed by atoms with Crippen LogP contribution < -0.4 is 0 Å². The lowest BCUT2D eigenvalue weighted by atomic mass is 9.93. The minimum Gasteiger partial charge on any atom is -0.208 e. The van der Waals surface area contributed by atoms with E-state index in [9.17, 15) is 0 Å². The Morgan fingerprint density at radius 3 is 1.49 bits per heavy atom. The maximum absolute atomic E-state index is 8.70. The number of thiophene rings is 1. The van der Waals surface area contributed by atoms with Gasteiger partial charge in [-0.1, -0.05) is 145 Å². The summed E-state index contributed by atoms with van der Waals surface area (Å²) in [5.74, 6) is -0.582. The molecule has 49 heavy (non-hydrogen) atoms. The molecule has 0 spiro atoms. The van der Waals surface area contributed by atoms with Gasteiger partial charge in [0.15, 0.2) is 17.5 Å². The van der Waals surface area contributed by atoms with Crippen LogP contribution in [-0.2, 0) is 0 Å². The third kappa shape index (κ3) is 5.58. The van der Waals surface area contributed by atoms with Gasteiger partial charge in [0.05, 0.1) is 13.7 Å². The topological polar surface area (TPSA) is 38.7 Å². The summed E-state index contributed by atoms with van der Waals surface area (Å²) in [6.45, 7) is 0. The number of hydrogen-bond donors (Lipinski definition) is 0. The molecule has 7 aromatic carbocycles. The van der Waals surface area contributed by atoms with E-state index in [4.69, 9.17) is 23.7 Å². The number of hydrogen-bond acceptors (Lipinski definition) is 4. The Balaban J connectivity index is 1.26. The normalized spacial score (nSPS) is 14.1. The largest absolute Gasteiger partial charge is 0.208 e. The first-order valence-electron chi connectivity index (χ1n) is 20.5. The summed E-state index contributed by atoms with van der Waals surface area (Å²) < 4.78 is 86.3. The van der Waals surface area contributed by atoms with Crippen LogP contribution in [0.1, 0.15) is 13.7 Å². The molecular formula is C45H29N3S. The molecule has 2 aromatic heterocycles. The Hall–Kier alpha value is -6.23. The number of rotatable bonds is 6. The first-order valence-corrected chi connectivity index (χ1v) is 16.4. The van der Waals surface area contributed by atoms with Crippen LogP contribution in [0.4, 0.5) is 0 Å². The maximum Gasteiger partial charge on any atom is 0.164 e. The number of fused-ring (bicyclic) bond motifs is 3. The molecule has 0 fully saturated rings. The minimum atomic E-state index is -0.598. The predicted octanol–water partition coefficient (Wildman–Crippen LogP) is 12.2. The van der Waals surface area contributed by atoms with E-state index < -0.39 is 60.4 Å². The van der Waals surface area contributed by atoms with Crippen LogP contribution >= 0.6 is 11.3 Å². The number of benzene rings is 7. The van der Waals surface area contributed by atoms with Crippen molar-refractivity contribution < 1.29 is 13.7 Å². The molecule has 9 aromatic rings. The highest BCUT2D eigenvalue weighted by atomic mass is 32.1. The average molecular weight is 654 g/mol. The summed E-state index contributed by atoms with van der Waals surface area (Å²) in [7, 11) is 0. The molecule has 0 radical (unpaired) electrons. The summed E-state index contributed by atoms with van der Waals surface area (Å²) >= 11 is 1.57. The Morgan fingerprint density at radius 2 is 0.918 bits per heavy atom. The van der Waals surface area contributed by atoms with Gasteiger partial charge in [-0.25, -0.2) is 15.0 Å². The zero-order valence-electron chi connectivity index (χ0n) is 35.7. The van der Waals surface area contributed by atoms with Crippen LogP contribution in [0.5, 0.6) is 0 Å². The molecule has 0 aliphatic carbocycles. The molecule has 0 saturated heterocycles. The van der Waals surface area contributed by atoms with Gasteiger partial charge < -0.3 is 0 Å². The molecule has 9 rings (SSSR count). The smallest absolute Gasteiger partial charge is 0.164 e. The summed E-state index contributed by atoms with van der Waals surface area (Å²) in [6, 6.07) is 33.1. The zero-order chi connectivity index (χ0) is 41.3.